The van der Waals surface area contributed by atoms with Gasteiger partial charge in [-0.25, -0.2) is 4.98 Å². The number of methoxy groups -OCH3 is 1. The lowest BCUT2D eigenvalue weighted by Crippen LogP contribution is -2.38. The first-order chi connectivity index (χ1) is 12.5. The number of anilines is 1. The zero-order chi connectivity index (χ0) is 18.9. The third-order valence-corrected chi connectivity index (χ3v) is 4.71. The number of thiazole rings is 1. The molecule has 140 valence electrons. The number of carbonyl (C=O) groups is 2. The second kappa shape index (κ2) is 9.91. The van der Waals surface area contributed by atoms with Gasteiger partial charge in [-0.1, -0.05) is 25.8 Å². The quantitative estimate of drug-likeness (QED) is 0.678. The Bertz CT molecular complexity index is 745. The van der Waals surface area contributed by atoms with Crippen LogP contribution in [-0.4, -0.2) is 41.9 Å². The number of amides is 2. The van der Waals surface area contributed by atoms with Crippen LogP contribution in [0.1, 0.15) is 42.2 Å². The maximum Gasteiger partial charge on any atom is 0.254 e. The average Bonchev–Trinajstić information content (AvgIpc) is 3.05. The number of ether oxygens (including phenoxy) is 1. The standard InChI is InChI=1S/C19H25N3O3S/c1-4-5-6-10-22(12-17(23)21-19-20-14(2)13-26-19)18(24)15-8-7-9-16(11-15)25-3/h7-9,11,13H,4-6,10,12H2,1-3H3,(H,20,21,23). The number of rotatable bonds is 9. The van der Waals surface area contributed by atoms with Crippen LogP contribution in [0.25, 0.3) is 0 Å². The molecular formula is C19H25N3O3S. The lowest BCUT2D eigenvalue weighted by atomic mass is 10.1. The van der Waals surface area contributed by atoms with Gasteiger partial charge in [-0.3, -0.25) is 9.59 Å². The lowest BCUT2D eigenvalue weighted by molar-refractivity contribution is -0.116. The van der Waals surface area contributed by atoms with E-state index in [0.717, 1.165) is 25.0 Å². The van der Waals surface area contributed by atoms with E-state index in [0.29, 0.717) is 23.0 Å². The molecule has 1 aromatic heterocycles. The molecule has 0 atom stereocenters. The summed E-state index contributed by atoms with van der Waals surface area (Å²) in [4.78, 5) is 31.0. The van der Waals surface area contributed by atoms with Crippen LogP contribution in [0, 0.1) is 6.92 Å². The summed E-state index contributed by atoms with van der Waals surface area (Å²) in [5.74, 6) is 0.199. The topological polar surface area (TPSA) is 71.5 Å². The summed E-state index contributed by atoms with van der Waals surface area (Å²) in [6.07, 6.45) is 2.91. The molecule has 7 heteroatoms. The minimum Gasteiger partial charge on any atom is -0.497 e. The molecule has 2 aromatic rings. The average molecular weight is 375 g/mol. The Hall–Kier alpha value is -2.41. The largest absolute Gasteiger partial charge is 0.497 e. The van der Waals surface area contributed by atoms with Crippen molar-refractivity contribution in [1.29, 1.82) is 0 Å². The molecule has 0 aliphatic heterocycles. The Balaban J connectivity index is 2.08. The van der Waals surface area contributed by atoms with Gasteiger partial charge in [0.25, 0.3) is 5.91 Å². The van der Waals surface area contributed by atoms with Crippen LogP contribution in [0.3, 0.4) is 0 Å². The van der Waals surface area contributed by atoms with Gasteiger partial charge in [-0.15, -0.1) is 11.3 Å². The number of hydrogen-bond acceptors (Lipinski definition) is 5. The van der Waals surface area contributed by atoms with E-state index in [4.69, 9.17) is 4.74 Å². The number of unbranched alkanes of at least 4 members (excludes halogenated alkanes) is 2. The first-order valence-electron chi connectivity index (χ1n) is 8.68. The van der Waals surface area contributed by atoms with Crippen LogP contribution in [0.5, 0.6) is 5.75 Å². The predicted molar refractivity (Wildman–Crippen MR) is 104 cm³/mol. The number of benzene rings is 1. The zero-order valence-corrected chi connectivity index (χ0v) is 16.3. The maximum absolute atomic E-state index is 12.9. The number of carbonyl (C=O) groups excluding carboxylic acids is 2. The Labute approximate surface area is 158 Å². The number of aromatic nitrogens is 1. The monoisotopic (exact) mass is 375 g/mol. The van der Waals surface area contributed by atoms with Crippen LogP contribution in [0.4, 0.5) is 5.13 Å². The summed E-state index contributed by atoms with van der Waals surface area (Å²) in [7, 11) is 1.56. The SMILES string of the molecule is CCCCCN(CC(=O)Nc1nc(C)cs1)C(=O)c1cccc(OC)c1. The van der Waals surface area contributed by atoms with E-state index in [-0.39, 0.29) is 18.4 Å². The van der Waals surface area contributed by atoms with Crippen molar-refractivity contribution in [2.24, 2.45) is 0 Å². The third kappa shape index (κ3) is 5.84. The number of hydrogen-bond donors (Lipinski definition) is 1. The molecule has 2 rings (SSSR count). The van der Waals surface area contributed by atoms with Crippen molar-refractivity contribution in [1.82, 2.24) is 9.88 Å². The summed E-state index contributed by atoms with van der Waals surface area (Å²) in [6, 6.07) is 6.99. The van der Waals surface area contributed by atoms with Gasteiger partial charge in [0, 0.05) is 17.5 Å². The highest BCUT2D eigenvalue weighted by atomic mass is 32.1. The van der Waals surface area contributed by atoms with Gasteiger partial charge in [0.1, 0.15) is 12.3 Å². The fraction of sp³-hybridized carbons (Fsp3) is 0.421. The molecule has 6 nitrogen and oxygen atoms in total. The van der Waals surface area contributed by atoms with Gasteiger partial charge in [0.2, 0.25) is 5.91 Å². The second-order valence-electron chi connectivity index (χ2n) is 6.01. The van der Waals surface area contributed by atoms with Crippen molar-refractivity contribution in [2.45, 2.75) is 33.1 Å². The van der Waals surface area contributed by atoms with E-state index >= 15 is 0 Å². The van der Waals surface area contributed by atoms with Gasteiger partial charge >= 0.3 is 0 Å². The molecule has 0 aliphatic carbocycles. The minimum absolute atomic E-state index is 0.00160. The van der Waals surface area contributed by atoms with Crippen LogP contribution in [0.2, 0.25) is 0 Å². The third-order valence-electron chi connectivity index (χ3n) is 3.84. The summed E-state index contributed by atoms with van der Waals surface area (Å²) in [5.41, 5.74) is 1.37. The zero-order valence-electron chi connectivity index (χ0n) is 15.4. The second-order valence-corrected chi connectivity index (χ2v) is 6.87. The molecule has 0 aliphatic rings. The van der Waals surface area contributed by atoms with Crippen molar-refractivity contribution >= 4 is 28.3 Å². The molecule has 1 heterocycles. The highest BCUT2D eigenvalue weighted by Crippen LogP contribution is 2.16. The number of nitrogens with one attached hydrogen (secondary N) is 1. The fourth-order valence-electron chi connectivity index (χ4n) is 2.49. The Morgan fingerprint density at radius 1 is 1.31 bits per heavy atom. The normalized spacial score (nSPS) is 10.4. The van der Waals surface area contributed by atoms with Gasteiger partial charge in [-0.2, -0.15) is 0 Å². The van der Waals surface area contributed by atoms with E-state index in [9.17, 15) is 9.59 Å². The Kier molecular flexibility index (Phi) is 7.59. The van der Waals surface area contributed by atoms with E-state index in [1.54, 1.807) is 36.3 Å². The number of nitrogens with zero attached hydrogens (tertiary/aromatic N) is 2. The first-order valence-corrected chi connectivity index (χ1v) is 9.56. The molecular weight excluding hydrogens is 350 g/mol. The van der Waals surface area contributed by atoms with Gasteiger partial charge < -0.3 is 15.0 Å². The smallest absolute Gasteiger partial charge is 0.254 e. The van der Waals surface area contributed by atoms with E-state index in [2.05, 4.69) is 17.2 Å². The summed E-state index contributed by atoms with van der Waals surface area (Å²) in [6.45, 7) is 4.51. The summed E-state index contributed by atoms with van der Waals surface area (Å²) >= 11 is 1.37. The van der Waals surface area contributed by atoms with Crippen molar-refractivity contribution in [2.75, 3.05) is 25.5 Å². The summed E-state index contributed by atoms with van der Waals surface area (Å²) in [5, 5.41) is 5.18. The van der Waals surface area contributed by atoms with Crippen LogP contribution < -0.4 is 10.1 Å². The highest BCUT2D eigenvalue weighted by Gasteiger charge is 2.19. The number of aryl methyl sites for hydroxylation is 1. The van der Waals surface area contributed by atoms with E-state index in [1.165, 1.54) is 11.3 Å². The molecule has 0 radical (unpaired) electrons. The molecule has 0 spiro atoms. The van der Waals surface area contributed by atoms with Gasteiger partial charge in [0.05, 0.1) is 12.8 Å². The molecule has 0 saturated carbocycles. The van der Waals surface area contributed by atoms with Gasteiger partial charge in [-0.05, 0) is 31.5 Å². The Morgan fingerprint density at radius 3 is 2.77 bits per heavy atom. The van der Waals surface area contributed by atoms with E-state index in [1.807, 2.05) is 12.3 Å². The molecule has 0 unspecified atom stereocenters. The maximum atomic E-state index is 12.9. The molecule has 0 saturated heterocycles. The highest BCUT2D eigenvalue weighted by molar-refractivity contribution is 7.13. The predicted octanol–water partition coefficient (Wildman–Crippen LogP) is 3.73. The molecule has 0 bridgehead atoms. The molecule has 1 N–H and O–H groups in total. The minimum atomic E-state index is -0.243. The van der Waals surface area contributed by atoms with Crippen LogP contribution in [0.15, 0.2) is 29.6 Å². The van der Waals surface area contributed by atoms with Crippen molar-refractivity contribution in [3.05, 3.63) is 40.9 Å². The molecule has 0 fully saturated rings. The van der Waals surface area contributed by atoms with Gasteiger partial charge in [0.15, 0.2) is 5.13 Å². The van der Waals surface area contributed by atoms with Crippen molar-refractivity contribution in [3.8, 4) is 5.75 Å². The van der Waals surface area contributed by atoms with Crippen molar-refractivity contribution < 1.29 is 14.3 Å². The van der Waals surface area contributed by atoms with Crippen molar-refractivity contribution in [3.63, 3.8) is 0 Å². The fourth-order valence-corrected chi connectivity index (χ4v) is 3.19. The molecule has 1 aromatic carbocycles. The van der Waals surface area contributed by atoms with Crippen LogP contribution in [-0.2, 0) is 4.79 Å². The first kappa shape index (κ1) is 19.9. The summed E-state index contributed by atoms with van der Waals surface area (Å²) < 4.78 is 5.19. The molecule has 2 amide bonds. The lowest BCUT2D eigenvalue weighted by Gasteiger charge is -2.22. The van der Waals surface area contributed by atoms with E-state index < -0.39 is 0 Å². The van der Waals surface area contributed by atoms with Crippen LogP contribution >= 0.6 is 11.3 Å². The molecule has 26 heavy (non-hydrogen) atoms. The Morgan fingerprint density at radius 2 is 2.12 bits per heavy atom.